The van der Waals surface area contributed by atoms with Gasteiger partial charge in [0.1, 0.15) is 18.4 Å². The number of nitrogens with zero attached hydrogens (tertiary/aromatic N) is 3. The number of aldehydes is 1. The molecule has 0 saturated heterocycles. The third kappa shape index (κ3) is 2.95. The molecule has 20 heavy (non-hydrogen) atoms. The summed E-state index contributed by atoms with van der Waals surface area (Å²) in [6.45, 7) is 5.68. The fourth-order valence-corrected chi connectivity index (χ4v) is 2.63. The van der Waals surface area contributed by atoms with Gasteiger partial charge in [-0.25, -0.2) is 9.97 Å². The van der Waals surface area contributed by atoms with E-state index in [-0.39, 0.29) is 0 Å². The van der Waals surface area contributed by atoms with E-state index in [0.717, 1.165) is 36.2 Å². The zero-order chi connectivity index (χ0) is 14.5. The number of allylic oxidation sites excluding steroid dienone is 2. The molecule has 0 radical (unpaired) electrons. The molecular formula is C16H21N3O. The molecule has 0 bridgehead atoms. The number of carbonyl (C=O) groups is 1. The van der Waals surface area contributed by atoms with Crippen molar-refractivity contribution in [3.63, 3.8) is 0 Å². The summed E-state index contributed by atoms with van der Waals surface area (Å²) in [7, 11) is 2.06. The molecule has 0 spiro atoms. The number of carbonyl (C=O) groups excluding carboxylic acids is 1. The summed E-state index contributed by atoms with van der Waals surface area (Å²) in [5.41, 5.74) is 2.00. The first kappa shape index (κ1) is 14.4. The van der Waals surface area contributed by atoms with Crippen LogP contribution in [0.15, 0.2) is 25.1 Å². The summed E-state index contributed by atoms with van der Waals surface area (Å²) in [5.74, 6) is 1.49. The van der Waals surface area contributed by atoms with Crippen LogP contribution in [0.2, 0.25) is 0 Å². The molecule has 1 fully saturated rings. The van der Waals surface area contributed by atoms with Gasteiger partial charge in [0, 0.05) is 25.1 Å². The van der Waals surface area contributed by atoms with Crippen LogP contribution in [-0.4, -0.2) is 29.3 Å². The van der Waals surface area contributed by atoms with Gasteiger partial charge in [-0.1, -0.05) is 18.7 Å². The summed E-state index contributed by atoms with van der Waals surface area (Å²) in [5, 5.41) is 0. The van der Waals surface area contributed by atoms with E-state index in [1.165, 1.54) is 0 Å². The van der Waals surface area contributed by atoms with Crippen molar-refractivity contribution in [1.29, 1.82) is 0 Å². The lowest BCUT2D eigenvalue weighted by molar-refractivity contribution is -0.109. The van der Waals surface area contributed by atoms with Crippen LogP contribution in [0.25, 0.3) is 6.08 Å². The zero-order valence-electron chi connectivity index (χ0n) is 12.1. The van der Waals surface area contributed by atoms with E-state index in [4.69, 9.17) is 0 Å². The topological polar surface area (TPSA) is 46.1 Å². The van der Waals surface area contributed by atoms with Crippen LogP contribution >= 0.6 is 0 Å². The lowest BCUT2D eigenvalue weighted by Gasteiger charge is -2.41. The van der Waals surface area contributed by atoms with Crippen molar-refractivity contribution in [2.45, 2.75) is 32.2 Å². The van der Waals surface area contributed by atoms with Crippen molar-refractivity contribution in [2.24, 2.45) is 5.92 Å². The van der Waals surface area contributed by atoms with Gasteiger partial charge in [-0.2, -0.15) is 0 Å². The Morgan fingerprint density at radius 3 is 2.85 bits per heavy atom. The van der Waals surface area contributed by atoms with Crippen LogP contribution < -0.4 is 4.90 Å². The molecule has 1 heterocycles. The highest BCUT2D eigenvalue weighted by molar-refractivity contribution is 5.66. The maximum absolute atomic E-state index is 10.5. The van der Waals surface area contributed by atoms with Crippen molar-refractivity contribution >= 4 is 18.2 Å². The largest absolute Gasteiger partial charge is 0.356 e. The molecule has 0 aliphatic heterocycles. The lowest BCUT2D eigenvalue weighted by atomic mass is 9.77. The van der Waals surface area contributed by atoms with Gasteiger partial charge >= 0.3 is 0 Å². The number of hydrogen-bond donors (Lipinski definition) is 0. The molecule has 1 aromatic rings. The molecule has 0 atom stereocenters. The second-order valence-corrected chi connectivity index (χ2v) is 5.30. The number of aryl methyl sites for hydroxylation is 1. The average Bonchev–Trinajstić information content (AvgIpc) is 2.40. The van der Waals surface area contributed by atoms with Crippen molar-refractivity contribution in [1.82, 2.24) is 9.97 Å². The Bertz CT molecular complexity index is 518. The second-order valence-electron chi connectivity index (χ2n) is 5.30. The molecule has 4 heteroatoms. The fourth-order valence-electron chi connectivity index (χ4n) is 2.63. The van der Waals surface area contributed by atoms with Crippen molar-refractivity contribution in [2.75, 3.05) is 11.9 Å². The monoisotopic (exact) mass is 271 g/mol. The summed E-state index contributed by atoms with van der Waals surface area (Å²) < 4.78 is 0. The van der Waals surface area contributed by atoms with E-state index < -0.39 is 0 Å². The maximum Gasteiger partial charge on any atom is 0.139 e. The summed E-state index contributed by atoms with van der Waals surface area (Å²) in [6.07, 6.45) is 11.1. The fraction of sp³-hybridized carbons (Fsp3) is 0.438. The number of anilines is 1. The molecule has 1 aliphatic rings. The molecule has 4 nitrogen and oxygen atoms in total. The quantitative estimate of drug-likeness (QED) is 0.589. The Morgan fingerprint density at radius 2 is 2.20 bits per heavy atom. The van der Waals surface area contributed by atoms with Crippen molar-refractivity contribution in [3.05, 3.63) is 36.3 Å². The van der Waals surface area contributed by atoms with E-state index in [1.54, 1.807) is 12.4 Å². The Balaban J connectivity index is 2.16. The molecule has 1 saturated carbocycles. The summed E-state index contributed by atoms with van der Waals surface area (Å²) in [6, 6.07) is 0.463. The van der Waals surface area contributed by atoms with Crippen LogP contribution in [0, 0.1) is 12.8 Å². The first-order chi connectivity index (χ1) is 9.67. The van der Waals surface area contributed by atoms with E-state index in [9.17, 15) is 4.79 Å². The third-order valence-electron chi connectivity index (χ3n) is 3.98. The van der Waals surface area contributed by atoms with Gasteiger partial charge in [0.05, 0.1) is 5.69 Å². The Morgan fingerprint density at radius 1 is 1.45 bits per heavy atom. The summed E-state index contributed by atoms with van der Waals surface area (Å²) >= 11 is 0. The van der Waals surface area contributed by atoms with Gasteiger partial charge in [0.25, 0.3) is 0 Å². The third-order valence-corrected chi connectivity index (χ3v) is 3.98. The van der Waals surface area contributed by atoms with Crippen LogP contribution in [0.3, 0.4) is 0 Å². The minimum Gasteiger partial charge on any atom is -0.356 e. The van der Waals surface area contributed by atoms with E-state index in [0.29, 0.717) is 18.4 Å². The predicted molar refractivity (Wildman–Crippen MR) is 81.6 cm³/mol. The summed E-state index contributed by atoms with van der Waals surface area (Å²) in [4.78, 5) is 21.4. The number of rotatable bonds is 6. The highest BCUT2D eigenvalue weighted by Gasteiger charge is 2.32. The molecular weight excluding hydrogens is 250 g/mol. The van der Waals surface area contributed by atoms with Gasteiger partial charge in [-0.05, 0) is 31.8 Å². The molecule has 0 unspecified atom stereocenters. The SMILES string of the molecule is C=C/C=C\c1c(C)ncnc1N(C)C1CC(CC=O)C1. The first-order valence-corrected chi connectivity index (χ1v) is 6.94. The Hall–Kier alpha value is -1.97. The normalized spacial score (nSPS) is 21.5. The van der Waals surface area contributed by atoms with Crippen molar-refractivity contribution in [3.8, 4) is 0 Å². The minimum absolute atomic E-state index is 0.463. The Kier molecular flexibility index (Phi) is 4.66. The lowest BCUT2D eigenvalue weighted by Crippen LogP contribution is -2.43. The second kappa shape index (κ2) is 6.46. The van der Waals surface area contributed by atoms with E-state index >= 15 is 0 Å². The standard InChI is InChI=1S/C16H21N3O/c1-4-5-6-15-12(2)17-11-18-16(15)19(3)14-9-13(10-14)7-8-20/h4-6,8,11,13-14H,1,7,9-10H2,2-3H3/b6-5-. The van der Waals surface area contributed by atoms with Crippen molar-refractivity contribution < 1.29 is 4.79 Å². The zero-order valence-corrected chi connectivity index (χ0v) is 12.1. The molecule has 0 aromatic carbocycles. The van der Waals surface area contributed by atoms with Crippen LogP contribution in [0.1, 0.15) is 30.5 Å². The van der Waals surface area contributed by atoms with Crippen LogP contribution in [0.4, 0.5) is 5.82 Å². The smallest absolute Gasteiger partial charge is 0.139 e. The molecule has 2 rings (SSSR count). The van der Waals surface area contributed by atoms with Gasteiger partial charge in [-0.3, -0.25) is 0 Å². The minimum atomic E-state index is 0.463. The highest BCUT2D eigenvalue weighted by Crippen LogP contribution is 2.36. The molecule has 1 aromatic heterocycles. The van der Waals surface area contributed by atoms with Gasteiger partial charge < -0.3 is 9.69 Å². The van der Waals surface area contributed by atoms with Gasteiger partial charge in [-0.15, -0.1) is 0 Å². The average molecular weight is 271 g/mol. The highest BCUT2D eigenvalue weighted by atomic mass is 16.1. The predicted octanol–water partition coefficient (Wildman–Crippen LogP) is 2.79. The van der Waals surface area contributed by atoms with E-state index in [2.05, 4.69) is 28.5 Å². The van der Waals surface area contributed by atoms with E-state index in [1.807, 2.05) is 19.1 Å². The molecule has 0 amide bonds. The van der Waals surface area contributed by atoms with Crippen LogP contribution in [0.5, 0.6) is 0 Å². The maximum atomic E-state index is 10.5. The molecule has 0 N–H and O–H groups in total. The van der Waals surface area contributed by atoms with Gasteiger partial charge in [0.2, 0.25) is 0 Å². The number of aromatic nitrogens is 2. The molecule has 1 aliphatic carbocycles. The first-order valence-electron chi connectivity index (χ1n) is 6.94. The van der Waals surface area contributed by atoms with Gasteiger partial charge in [0.15, 0.2) is 0 Å². The van der Waals surface area contributed by atoms with Crippen LogP contribution in [-0.2, 0) is 4.79 Å². The number of hydrogen-bond acceptors (Lipinski definition) is 4. The Labute approximate surface area is 120 Å². The molecule has 106 valence electrons.